The van der Waals surface area contributed by atoms with E-state index in [2.05, 4.69) is 11.1 Å². The van der Waals surface area contributed by atoms with Crippen LogP contribution in [0.1, 0.15) is 27.5 Å². The molecule has 1 N–H and O–H groups in total. The Morgan fingerprint density at radius 2 is 1.70 bits per heavy atom. The third-order valence-electron chi connectivity index (χ3n) is 5.51. The van der Waals surface area contributed by atoms with E-state index < -0.39 is 11.9 Å². The Morgan fingerprint density at radius 3 is 2.52 bits per heavy atom. The van der Waals surface area contributed by atoms with Crippen LogP contribution in [-0.4, -0.2) is 23.8 Å². The number of Topliss-reactive ketones (excluding diaryl/α,β-unsaturated/α-hetero) is 1. The molecule has 27 heavy (non-hydrogen) atoms. The molecule has 1 heterocycles. The fraction of sp³-hybridized carbons (Fsp3) is 0.130. The smallest absolute Gasteiger partial charge is 0.317 e. The zero-order valence-corrected chi connectivity index (χ0v) is 14.7. The van der Waals surface area contributed by atoms with Gasteiger partial charge < -0.3 is 9.72 Å². The molecule has 0 unspecified atom stereocenters. The van der Waals surface area contributed by atoms with E-state index >= 15 is 0 Å². The van der Waals surface area contributed by atoms with Crippen LogP contribution in [0.3, 0.4) is 0 Å². The van der Waals surface area contributed by atoms with E-state index in [0.29, 0.717) is 5.69 Å². The Kier molecular flexibility index (Phi) is 3.41. The van der Waals surface area contributed by atoms with Gasteiger partial charge in [-0.1, -0.05) is 60.7 Å². The number of benzene rings is 3. The second-order valence-electron chi connectivity index (χ2n) is 6.91. The zero-order valence-electron chi connectivity index (χ0n) is 14.7. The summed E-state index contributed by atoms with van der Waals surface area (Å²) in [4.78, 5) is 28.8. The molecule has 1 aliphatic rings. The molecule has 1 aromatic heterocycles. The van der Waals surface area contributed by atoms with E-state index in [-0.39, 0.29) is 11.7 Å². The third kappa shape index (κ3) is 2.23. The van der Waals surface area contributed by atoms with Crippen LogP contribution < -0.4 is 0 Å². The molecule has 5 rings (SSSR count). The van der Waals surface area contributed by atoms with Crippen molar-refractivity contribution < 1.29 is 14.3 Å². The minimum absolute atomic E-state index is 0.203. The first-order valence-electron chi connectivity index (χ1n) is 8.90. The number of carbonyl (C=O) groups is 2. The van der Waals surface area contributed by atoms with Crippen LogP contribution in [0.25, 0.3) is 21.7 Å². The highest BCUT2D eigenvalue weighted by molar-refractivity contribution is 6.16. The standard InChI is InChI=1S/C23H17NO3/c1-27-23(26)20-18(15-11-10-13-6-2-3-7-14(13)12-15)19-16-8-4-5-9-17(16)24-21(19)22(20)25/h2-12,18,20,24H,1H3/t18-,20+/m0/s1. The predicted octanol–water partition coefficient (Wildman–Crippen LogP) is 4.44. The number of nitrogens with one attached hydrogen (secondary N) is 1. The molecule has 3 aromatic carbocycles. The molecule has 0 spiro atoms. The molecule has 0 saturated carbocycles. The number of methoxy groups -OCH3 is 1. The maximum Gasteiger partial charge on any atom is 0.317 e. The van der Waals surface area contributed by atoms with Crippen molar-refractivity contribution in [1.29, 1.82) is 0 Å². The van der Waals surface area contributed by atoms with Crippen LogP contribution in [0, 0.1) is 5.92 Å². The number of aromatic amines is 1. The van der Waals surface area contributed by atoms with Crippen molar-refractivity contribution in [1.82, 2.24) is 4.98 Å². The number of ketones is 1. The summed E-state index contributed by atoms with van der Waals surface area (Å²) >= 11 is 0. The van der Waals surface area contributed by atoms with Crippen molar-refractivity contribution in [3.63, 3.8) is 0 Å². The largest absolute Gasteiger partial charge is 0.468 e. The molecule has 4 heteroatoms. The van der Waals surface area contributed by atoms with Gasteiger partial charge in [0.15, 0.2) is 5.78 Å². The molecule has 132 valence electrons. The van der Waals surface area contributed by atoms with Crippen molar-refractivity contribution >= 4 is 33.4 Å². The molecule has 0 saturated heterocycles. The summed E-state index contributed by atoms with van der Waals surface area (Å²) in [6.45, 7) is 0. The lowest BCUT2D eigenvalue weighted by atomic mass is 9.83. The molecule has 0 aliphatic heterocycles. The van der Waals surface area contributed by atoms with Crippen molar-refractivity contribution in [2.75, 3.05) is 7.11 Å². The lowest BCUT2D eigenvalue weighted by Gasteiger charge is -2.19. The summed E-state index contributed by atoms with van der Waals surface area (Å²) in [5.41, 5.74) is 3.26. The predicted molar refractivity (Wildman–Crippen MR) is 104 cm³/mol. The Bertz CT molecular complexity index is 1220. The molecule has 0 amide bonds. The van der Waals surface area contributed by atoms with E-state index in [0.717, 1.165) is 32.8 Å². The number of para-hydroxylation sites is 1. The maximum atomic E-state index is 13.1. The maximum absolute atomic E-state index is 13.1. The van der Waals surface area contributed by atoms with Crippen LogP contribution in [0.5, 0.6) is 0 Å². The van der Waals surface area contributed by atoms with Gasteiger partial charge in [0.2, 0.25) is 0 Å². The van der Waals surface area contributed by atoms with Gasteiger partial charge >= 0.3 is 5.97 Å². The van der Waals surface area contributed by atoms with Crippen LogP contribution in [-0.2, 0) is 9.53 Å². The number of aromatic nitrogens is 1. The Balaban J connectivity index is 1.78. The molecule has 0 fully saturated rings. The first-order chi connectivity index (χ1) is 13.2. The summed E-state index contributed by atoms with van der Waals surface area (Å²) in [6, 6.07) is 22.0. The highest BCUT2D eigenvalue weighted by atomic mass is 16.5. The van der Waals surface area contributed by atoms with E-state index in [4.69, 9.17) is 4.74 Å². The molecular formula is C23H17NO3. The number of H-pyrrole nitrogens is 1. The second kappa shape index (κ2) is 5.81. The van der Waals surface area contributed by atoms with Gasteiger partial charge in [0.05, 0.1) is 12.8 Å². The molecule has 4 nitrogen and oxygen atoms in total. The van der Waals surface area contributed by atoms with Crippen molar-refractivity contribution in [2.24, 2.45) is 5.92 Å². The van der Waals surface area contributed by atoms with Gasteiger partial charge in [-0.05, 0) is 28.0 Å². The molecule has 4 aromatic rings. The van der Waals surface area contributed by atoms with Gasteiger partial charge in [0, 0.05) is 16.8 Å². The highest BCUT2D eigenvalue weighted by Gasteiger charge is 2.48. The SMILES string of the molecule is COC(=O)[C@H]1C(=O)c2[nH]c3ccccc3c2[C@@H]1c1ccc2ccccc2c1. The van der Waals surface area contributed by atoms with Gasteiger partial charge in [-0.2, -0.15) is 0 Å². The molecule has 1 aliphatic carbocycles. The van der Waals surface area contributed by atoms with E-state index in [1.807, 2.05) is 60.7 Å². The summed E-state index contributed by atoms with van der Waals surface area (Å²) < 4.78 is 4.98. The van der Waals surface area contributed by atoms with Crippen molar-refractivity contribution in [3.8, 4) is 0 Å². The second-order valence-corrected chi connectivity index (χ2v) is 6.91. The first kappa shape index (κ1) is 15.8. The monoisotopic (exact) mass is 355 g/mol. The summed E-state index contributed by atoms with van der Waals surface area (Å²) in [5.74, 6) is -1.92. The highest BCUT2D eigenvalue weighted by Crippen LogP contribution is 2.46. The number of ether oxygens (including phenoxy) is 1. The molecule has 0 radical (unpaired) electrons. The molecular weight excluding hydrogens is 338 g/mol. The van der Waals surface area contributed by atoms with Gasteiger partial charge in [-0.3, -0.25) is 9.59 Å². The minimum atomic E-state index is -0.859. The number of carbonyl (C=O) groups excluding carboxylic acids is 2. The van der Waals surface area contributed by atoms with Crippen molar-refractivity contribution in [3.05, 3.63) is 83.6 Å². The van der Waals surface area contributed by atoms with Crippen LogP contribution >= 0.6 is 0 Å². The van der Waals surface area contributed by atoms with Gasteiger partial charge in [-0.25, -0.2) is 0 Å². The van der Waals surface area contributed by atoms with E-state index in [1.165, 1.54) is 7.11 Å². The Hall–Kier alpha value is -3.40. The van der Waals surface area contributed by atoms with Crippen molar-refractivity contribution in [2.45, 2.75) is 5.92 Å². The quantitative estimate of drug-likeness (QED) is 0.427. The number of fused-ring (bicyclic) bond motifs is 4. The molecule has 2 atom stereocenters. The van der Waals surface area contributed by atoms with Gasteiger partial charge in [0.1, 0.15) is 5.92 Å². The fourth-order valence-electron chi connectivity index (χ4n) is 4.29. The number of hydrogen-bond acceptors (Lipinski definition) is 3. The Morgan fingerprint density at radius 1 is 0.963 bits per heavy atom. The average molecular weight is 355 g/mol. The first-order valence-corrected chi connectivity index (χ1v) is 8.90. The summed E-state index contributed by atoms with van der Waals surface area (Å²) in [7, 11) is 1.33. The normalized spacial score (nSPS) is 18.8. The lowest BCUT2D eigenvalue weighted by molar-refractivity contribution is -0.143. The zero-order chi connectivity index (χ0) is 18.5. The van der Waals surface area contributed by atoms with Gasteiger partial charge in [-0.15, -0.1) is 0 Å². The Labute approximate surface area is 155 Å². The minimum Gasteiger partial charge on any atom is -0.468 e. The summed E-state index contributed by atoms with van der Waals surface area (Å²) in [5, 5.41) is 3.18. The number of hydrogen-bond donors (Lipinski definition) is 1. The van der Waals surface area contributed by atoms with Crippen LogP contribution in [0.15, 0.2) is 66.7 Å². The van der Waals surface area contributed by atoms with Crippen LogP contribution in [0.2, 0.25) is 0 Å². The number of esters is 1. The number of rotatable bonds is 2. The molecule has 0 bridgehead atoms. The topological polar surface area (TPSA) is 59.2 Å². The third-order valence-corrected chi connectivity index (χ3v) is 5.51. The van der Waals surface area contributed by atoms with Gasteiger partial charge in [0.25, 0.3) is 0 Å². The fourth-order valence-corrected chi connectivity index (χ4v) is 4.29. The lowest BCUT2D eigenvalue weighted by Crippen LogP contribution is -2.26. The average Bonchev–Trinajstić information content (AvgIpc) is 3.22. The van der Waals surface area contributed by atoms with E-state index in [9.17, 15) is 9.59 Å². The summed E-state index contributed by atoms with van der Waals surface area (Å²) in [6.07, 6.45) is 0. The van der Waals surface area contributed by atoms with E-state index in [1.54, 1.807) is 0 Å². The van der Waals surface area contributed by atoms with Crippen LogP contribution in [0.4, 0.5) is 0 Å².